The molecule has 0 aliphatic carbocycles. The average Bonchev–Trinajstić information content (AvgIpc) is 3.89. The summed E-state index contributed by atoms with van der Waals surface area (Å²) in [5, 5.41) is 6.37. The van der Waals surface area contributed by atoms with Crippen LogP contribution in [0.1, 0.15) is 110 Å². The van der Waals surface area contributed by atoms with E-state index in [1.54, 1.807) is 54.6 Å². The smallest absolute Gasteiger partial charge is 0.437 e. The van der Waals surface area contributed by atoms with Gasteiger partial charge in [0.2, 0.25) is 12.2 Å². The van der Waals surface area contributed by atoms with Crippen molar-refractivity contribution in [1.82, 2.24) is 10.3 Å². The summed E-state index contributed by atoms with van der Waals surface area (Å²) in [6.45, 7) is 7.62. The van der Waals surface area contributed by atoms with E-state index in [0.29, 0.717) is 96.2 Å². The lowest BCUT2D eigenvalue weighted by molar-refractivity contribution is -0.149. The second kappa shape index (κ2) is 23.6. The predicted octanol–water partition coefficient (Wildman–Crippen LogP) is 11.6. The number of rotatable bonds is 16. The summed E-state index contributed by atoms with van der Waals surface area (Å²) in [6.07, 6.45) is -7.08. The molecule has 2 atom stereocenters. The van der Waals surface area contributed by atoms with Crippen LogP contribution in [-0.2, 0) is 52.4 Å². The Morgan fingerprint density at radius 1 is 0.646 bits per heavy atom. The topological polar surface area (TPSA) is 166 Å². The van der Waals surface area contributed by atoms with Crippen molar-refractivity contribution in [2.75, 3.05) is 7.11 Å². The maximum atomic E-state index is 13.5. The van der Waals surface area contributed by atoms with Crippen molar-refractivity contribution in [3.63, 3.8) is 0 Å². The largest absolute Gasteiger partial charge is 0.475 e. The molecule has 0 aliphatic heterocycles. The first-order valence-electron chi connectivity index (χ1n) is 21.4. The molecule has 0 radical (unpaired) electrons. The first kappa shape index (κ1) is 52.1. The van der Waals surface area contributed by atoms with E-state index in [4.69, 9.17) is 33.7 Å². The minimum Gasteiger partial charge on any atom is -0.475 e. The monoisotopic (exact) mass is 928 g/mol. The fourth-order valence-corrected chi connectivity index (χ4v) is 7.08. The Bertz CT molecular complexity index is 2470. The zero-order chi connectivity index (χ0) is 48.1. The van der Waals surface area contributed by atoms with E-state index < -0.39 is 62.2 Å². The number of carbonyl (C=O) groups is 2. The number of esters is 1. The van der Waals surface area contributed by atoms with E-state index in [9.17, 15) is 35.9 Å². The number of amides is 1. The number of carbonyl (C=O) groups excluding carboxylic acids is 2. The van der Waals surface area contributed by atoms with E-state index in [2.05, 4.69) is 21.9 Å². The van der Waals surface area contributed by atoms with Crippen molar-refractivity contribution in [3.8, 4) is 11.5 Å². The molecule has 0 bridgehead atoms. The molecule has 4 aromatic carbocycles. The summed E-state index contributed by atoms with van der Waals surface area (Å²) in [5.41, 5.74) is 6.71. The van der Waals surface area contributed by atoms with Gasteiger partial charge in [-0.05, 0) is 48.9 Å². The molecule has 0 saturated carbocycles. The average molecular weight is 929 g/mol. The Labute approximate surface area is 378 Å². The lowest BCUT2D eigenvalue weighted by atomic mass is 9.97. The molecule has 4 N–H and O–H groups in total. The van der Waals surface area contributed by atoms with E-state index >= 15 is 0 Å². The highest BCUT2D eigenvalue weighted by atomic mass is 27.2. The van der Waals surface area contributed by atoms with Gasteiger partial charge in [0.15, 0.2) is 22.6 Å². The zero-order valence-corrected chi connectivity index (χ0v) is 38.6. The van der Waals surface area contributed by atoms with E-state index in [0.717, 1.165) is 0 Å². The maximum absolute atomic E-state index is 13.5. The van der Waals surface area contributed by atoms with Crippen LogP contribution >= 0.6 is 0 Å². The Morgan fingerprint density at radius 3 is 1.32 bits per heavy atom. The molecule has 0 spiro atoms. The number of nitrogens with zero attached hydrogens (tertiary/aromatic N) is 2. The molecule has 18 heteroatoms. The number of nitrogens with two attached hydrogens (primary N) is 2. The summed E-state index contributed by atoms with van der Waals surface area (Å²) in [7, 11) is 1.26. The highest BCUT2D eigenvalue weighted by molar-refractivity contribution is 6.51. The van der Waals surface area contributed by atoms with Crippen LogP contribution in [0.4, 0.5) is 26.3 Å². The van der Waals surface area contributed by atoms with Crippen LogP contribution in [0, 0.1) is 0 Å². The minimum absolute atomic E-state index is 0.0234. The molecule has 2 aromatic heterocycles. The van der Waals surface area contributed by atoms with Crippen molar-refractivity contribution in [2.45, 2.75) is 115 Å². The zero-order valence-electron chi connectivity index (χ0n) is 37.5. The molecule has 0 aliphatic rings. The second-order valence-corrected chi connectivity index (χ2v) is 18.0. The number of aryl methyl sites for hydroxylation is 4. The first-order valence-corrected chi connectivity index (χ1v) is 24.4. The van der Waals surface area contributed by atoms with Gasteiger partial charge in [-0.2, -0.15) is 26.3 Å². The molecule has 65 heavy (non-hydrogen) atoms. The summed E-state index contributed by atoms with van der Waals surface area (Å²) < 4.78 is 113. The van der Waals surface area contributed by atoms with Gasteiger partial charge < -0.3 is 33.7 Å². The van der Waals surface area contributed by atoms with Gasteiger partial charge in [0.25, 0.3) is 5.91 Å². The van der Waals surface area contributed by atoms with Gasteiger partial charge in [0.1, 0.15) is 11.5 Å². The SMILES string of the molecule is CCCc1cc2c(C(F)(F)F)noc2c(CCC)c1OC(C(=O)OC)c1ccccc1.CCCc1cc2c(C(F)(F)F)noc2c(CCC)c1OC(C(N)=O)c1ccccc1.[CH3][Al]([CH3])[NH2]. The standard InChI is InChI=1S/C23H24F3NO4.C22H23F3N2O3.2CH3.Al.H2N/c1-4-9-15-13-17-20(31-27-21(17)23(24,25)26)16(10-5-2)18(15)30-19(22(28)29-3)14-11-7-6-8-12-14;1-3-8-14-12-16-19(30-27-20(16)22(23,24)25)15(9-4-2)17(14)29-18(21(26)28)13-10-6-5-7-11-13;;;;/h6-8,11-13,19H,4-5,9-10H2,1-3H3;5-7,10-12,18H,3-4,8-9H2,1-2H3,(H2,26,28);2*1H3;;1H2/q;;;;+1;-1. The summed E-state index contributed by atoms with van der Waals surface area (Å²) in [4.78, 5) is 24.7. The minimum atomic E-state index is -4.64. The van der Waals surface area contributed by atoms with Crippen LogP contribution in [0.2, 0.25) is 11.6 Å². The number of halogens is 6. The number of alkyl halides is 6. The number of methoxy groups -OCH3 is 1. The van der Waals surface area contributed by atoms with Crippen LogP contribution in [0.3, 0.4) is 0 Å². The molecule has 0 saturated heterocycles. The van der Waals surface area contributed by atoms with Gasteiger partial charge in [0.05, 0.1) is 17.9 Å². The number of aromatic nitrogens is 2. The molecule has 2 heterocycles. The van der Waals surface area contributed by atoms with Crippen LogP contribution in [0.25, 0.3) is 21.9 Å². The van der Waals surface area contributed by atoms with Crippen molar-refractivity contribution in [2.24, 2.45) is 10.5 Å². The van der Waals surface area contributed by atoms with Crippen molar-refractivity contribution in [1.29, 1.82) is 0 Å². The third kappa shape index (κ3) is 13.3. The Kier molecular flexibility index (Phi) is 18.9. The first-order chi connectivity index (χ1) is 30.8. The number of primary amides is 1. The fraction of sp³-hybridized carbons (Fsp3) is 0.404. The quantitative estimate of drug-likeness (QED) is 0.0542. The number of ether oxygens (including phenoxy) is 3. The Balaban J connectivity index is 0.000000263. The molecule has 6 aromatic rings. The third-order valence-corrected chi connectivity index (χ3v) is 9.70. The van der Waals surface area contributed by atoms with Crippen LogP contribution in [0.15, 0.2) is 81.8 Å². The fourth-order valence-electron chi connectivity index (χ4n) is 7.08. The van der Waals surface area contributed by atoms with Gasteiger partial charge in [-0.1, -0.05) is 136 Å². The van der Waals surface area contributed by atoms with E-state index in [-0.39, 0.29) is 21.9 Å². The molecule has 6 rings (SSSR count). The highest BCUT2D eigenvalue weighted by Gasteiger charge is 2.40. The predicted molar refractivity (Wildman–Crippen MR) is 237 cm³/mol. The number of hydrogen-bond acceptors (Lipinski definition) is 10. The molecule has 350 valence electrons. The third-order valence-electron chi connectivity index (χ3n) is 9.70. The van der Waals surface area contributed by atoms with Crippen LogP contribution in [0.5, 0.6) is 11.5 Å². The summed E-state index contributed by atoms with van der Waals surface area (Å²) in [6, 6.07) is 20.3. The number of hydrogen-bond donors (Lipinski definition) is 2. The lowest BCUT2D eigenvalue weighted by Crippen LogP contribution is -2.26. The number of fused-ring (bicyclic) bond motifs is 2. The van der Waals surface area contributed by atoms with Gasteiger partial charge >= 0.3 is 32.7 Å². The molecular formula is C47H55AlF6N4O7. The van der Waals surface area contributed by atoms with Gasteiger partial charge in [0, 0.05) is 22.3 Å². The number of benzene rings is 4. The Hall–Kier alpha value is -5.57. The molecule has 11 nitrogen and oxygen atoms in total. The van der Waals surface area contributed by atoms with Crippen LogP contribution in [-0.4, -0.2) is 43.7 Å². The molecule has 0 fully saturated rings. The van der Waals surface area contributed by atoms with Gasteiger partial charge in [-0.3, -0.25) is 4.79 Å². The molecular weight excluding hydrogens is 874 g/mol. The highest BCUT2D eigenvalue weighted by Crippen LogP contribution is 2.44. The Morgan fingerprint density at radius 2 is 1.00 bits per heavy atom. The molecule has 1 amide bonds. The molecule has 2 unspecified atom stereocenters. The van der Waals surface area contributed by atoms with Crippen molar-refractivity contribution >= 4 is 48.2 Å². The lowest BCUT2D eigenvalue weighted by Gasteiger charge is -2.22. The van der Waals surface area contributed by atoms with Crippen molar-refractivity contribution < 1.29 is 59.2 Å². The van der Waals surface area contributed by atoms with Crippen LogP contribution < -0.4 is 19.9 Å². The summed E-state index contributed by atoms with van der Waals surface area (Å²) in [5.74, 6) is 3.55. The van der Waals surface area contributed by atoms with Gasteiger partial charge in [-0.25, -0.2) is 4.79 Å². The van der Waals surface area contributed by atoms with E-state index in [1.807, 2.05) is 33.8 Å². The van der Waals surface area contributed by atoms with Crippen molar-refractivity contribution in [3.05, 3.63) is 118 Å². The second-order valence-electron chi connectivity index (χ2n) is 15.5. The van der Waals surface area contributed by atoms with E-state index in [1.165, 1.54) is 19.2 Å². The maximum Gasteiger partial charge on any atom is 0.437 e. The summed E-state index contributed by atoms with van der Waals surface area (Å²) >= 11 is -0.639. The normalized spacial score (nSPS) is 12.4. The van der Waals surface area contributed by atoms with Gasteiger partial charge in [-0.15, -0.1) is 0 Å².